The van der Waals surface area contributed by atoms with E-state index in [1.165, 1.54) is 0 Å². The Balaban J connectivity index is 3.40. The summed E-state index contributed by atoms with van der Waals surface area (Å²) in [7, 11) is 0. The molecular formula is C11H24O2. The summed E-state index contributed by atoms with van der Waals surface area (Å²) in [6.07, 6.45) is 5.44. The molecule has 2 N–H and O–H groups in total. The van der Waals surface area contributed by atoms with Gasteiger partial charge in [-0.2, -0.15) is 0 Å². The summed E-state index contributed by atoms with van der Waals surface area (Å²) in [4.78, 5) is 0. The molecule has 80 valence electrons. The van der Waals surface area contributed by atoms with Crippen molar-refractivity contribution >= 4 is 0 Å². The Labute approximate surface area is 82.0 Å². The van der Waals surface area contributed by atoms with Crippen LogP contribution in [-0.4, -0.2) is 21.9 Å². The van der Waals surface area contributed by atoms with Crippen LogP contribution in [0.2, 0.25) is 0 Å². The first-order valence-corrected chi connectivity index (χ1v) is 5.38. The minimum Gasteiger partial charge on any atom is -0.393 e. The first-order chi connectivity index (χ1) is 5.98. The molecule has 0 aromatic carbocycles. The zero-order chi connectivity index (χ0) is 10.3. The van der Waals surface area contributed by atoms with E-state index < -0.39 is 5.60 Å². The van der Waals surface area contributed by atoms with Crippen molar-refractivity contribution in [2.24, 2.45) is 0 Å². The average molecular weight is 188 g/mol. The molecule has 0 spiro atoms. The smallest absolute Gasteiger partial charge is 0.0619 e. The molecule has 2 nitrogen and oxygen atoms in total. The summed E-state index contributed by atoms with van der Waals surface area (Å²) in [6.45, 7) is 5.80. The lowest BCUT2D eigenvalue weighted by atomic mass is 9.93. The molecule has 0 aromatic heterocycles. The summed E-state index contributed by atoms with van der Waals surface area (Å²) < 4.78 is 0. The van der Waals surface area contributed by atoms with Crippen molar-refractivity contribution in [2.45, 2.75) is 71.0 Å². The van der Waals surface area contributed by atoms with Crippen molar-refractivity contribution in [3.63, 3.8) is 0 Å². The van der Waals surface area contributed by atoms with Gasteiger partial charge in [-0.25, -0.2) is 0 Å². The standard InChI is InChI=1S/C11H24O2/c1-4-8-11(3,13)9-6-5-7-10(2)12/h10,12-13H,4-9H2,1-3H3. The van der Waals surface area contributed by atoms with E-state index in [1.54, 1.807) is 0 Å². The van der Waals surface area contributed by atoms with Gasteiger partial charge in [-0.05, 0) is 33.1 Å². The van der Waals surface area contributed by atoms with E-state index in [0.29, 0.717) is 0 Å². The van der Waals surface area contributed by atoms with Crippen LogP contribution in [-0.2, 0) is 0 Å². The molecule has 0 aliphatic heterocycles. The van der Waals surface area contributed by atoms with Gasteiger partial charge in [0.05, 0.1) is 11.7 Å². The molecule has 0 heterocycles. The largest absolute Gasteiger partial charge is 0.393 e. The molecule has 0 aromatic rings. The zero-order valence-electron chi connectivity index (χ0n) is 9.21. The Morgan fingerprint density at radius 1 is 1.23 bits per heavy atom. The van der Waals surface area contributed by atoms with E-state index in [9.17, 15) is 5.11 Å². The Morgan fingerprint density at radius 2 is 1.85 bits per heavy atom. The number of hydrogen-bond acceptors (Lipinski definition) is 2. The molecular weight excluding hydrogens is 164 g/mol. The Kier molecular flexibility index (Phi) is 6.35. The van der Waals surface area contributed by atoms with E-state index in [1.807, 2.05) is 13.8 Å². The van der Waals surface area contributed by atoms with Gasteiger partial charge in [-0.3, -0.25) is 0 Å². The van der Waals surface area contributed by atoms with Crippen LogP contribution in [0.1, 0.15) is 59.3 Å². The Morgan fingerprint density at radius 3 is 2.31 bits per heavy atom. The highest BCUT2D eigenvalue weighted by Crippen LogP contribution is 2.20. The van der Waals surface area contributed by atoms with Crippen molar-refractivity contribution in [3.05, 3.63) is 0 Å². The van der Waals surface area contributed by atoms with E-state index in [0.717, 1.165) is 38.5 Å². The van der Waals surface area contributed by atoms with Gasteiger partial charge in [0, 0.05) is 0 Å². The third-order valence-electron chi connectivity index (χ3n) is 2.38. The minimum absolute atomic E-state index is 0.198. The average Bonchev–Trinajstić information content (AvgIpc) is 1.98. The number of aliphatic hydroxyl groups excluding tert-OH is 1. The second-order valence-corrected chi connectivity index (χ2v) is 4.34. The maximum Gasteiger partial charge on any atom is 0.0619 e. The SMILES string of the molecule is CCCC(C)(O)CCCCC(C)O. The molecule has 2 heteroatoms. The Hall–Kier alpha value is -0.0800. The highest BCUT2D eigenvalue weighted by atomic mass is 16.3. The highest BCUT2D eigenvalue weighted by molar-refractivity contribution is 4.71. The van der Waals surface area contributed by atoms with E-state index in [-0.39, 0.29) is 6.10 Å². The molecule has 0 fully saturated rings. The topological polar surface area (TPSA) is 40.5 Å². The zero-order valence-corrected chi connectivity index (χ0v) is 9.21. The molecule has 2 unspecified atom stereocenters. The van der Waals surface area contributed by atoms with Gasteiger partial charge in [0.25, 0.3) is 0 Å². The fourth-order valence-electron chi connectivity index (χ4n) is 1.61. The lowest BCUT2D eigenvalue weighted by Gasteiger charge is -2.22. The Bertz CT molecular complexity index is 119. The molecule has 13 heavy (non-hydrogen) atoms. The minimum atomic E-state index is -0.493. The second-order valence-electron chi connectivity index (χ2n) is 4.34. The number of rotatable bonds is 7. The van der Waals surface area contributed by atoms with Gasteiger partial charge in [0.2, 0.25) is 0 Å². The van der Waals surface area contributed by atoms with Crippen LogP contribution in [0.25, 0.3) is 0 Å². The summed E-state index contributed by atoms with van der Waals surface area (Å²) in [5.74, 6) is 0. The van der Waals surface area contributed by atoms with Crippen LogP contribution in [0, 0.1) is 0 Å². The molecule has 0 aliphatic rings. The third-order valence-corrected chi connectivity index (χ3v) is 2.38. The molecule has 0 bridgehead atoms. The van der Waals surface area contributed by atoms with Crippen molar-refractivity contribution in [1.29, 1.82) is 0 Å². The summed E-state index contributed by atoms with van der Waals surface area (Å²) in [6, 6.07) is 0. The highest BCUT2D eigenvalue weighted by Gasteiger charge is 2.17. The van der Waals surface area contributed by atoms with Crippen molar-refractivity contribution in [3.8, 4) is 0 Å². The fraction of sp³-hybridized carbons (Fsp3) is 1.00. The third kappa shape index (κ3) is 8.26. The monoisotopic (exact) mass is 188 g/mol. The van der Waals surface area contributed by atoms with Crippen molar-refractivity contribution < 1.29 is 10.2 Å². The summed E-state index contributed by atoms with van der Waals surface area (Å²) in [5, 5.41) is 18.8. The number of unbranched alkanes of at least 4 members (excludes halogenated alkanes) is 1. The van der Waals surface area contributed by atoms with Crippen LogP contribution in [0.5, 0.6) is 0 Å². The van der Waals surface area contributed by atoms with Crippen molar-refractivity contribution in [1.82, 2.24) is 0 Å². The van der Waals surface area contributed by atoms with Crippen molar-refractivity contribution in [2.75, 3.05) is 0 Å². The summed E-state index contributed by atoms with van der Waals surface area (Å²) in [5.41, 5.74) is -0.493. The van der Waals surface area contributed by atoms with E-state index in [2.05, 4.69) is 6.92 Å². The van der Waals surface area contributed by atoms with Gasteiger partial charge in [0.15, 0.2) is 0 Å². The quantitative estimate of drug-likeness (QED) is 0.603. The van der Waals surface area contributed by atoms with Crippen LogP contribution in [0.3, 0.4) is 0 Å². The fourth-order valence-corrected chi connectivity index (χ4v) is 1.61. The second kappa shape index (κ2) is 6.39. The van der Waals surface area contributed by atoms with Crippen LogP contribution >= 0.6 is 0 Å². The van der Waals surface area contributed by atoms with Gasteiger partial charge < -0.3 is 10.2 Å². The van der Waals surface area contributed by atoms with Gasteiger partial charge in [-0.1, -0.05) is 26.2 Å². The molecule has 0 rings (SSSR count). The predicted molar refractivity (Wildman–Crippen MR) is 55.7 cm³/mol. The van der Waals surface area contributed by atoms with E-state index in [4.69, 9.17) is 5.11 Å². The predicted octanol–water partition coefficient (Wildman–Crippen LogP) is 2.48. The molecule has 0 saturated carbocycles. The first-order valence-electron chi connectivity index (χ1n) is 5.38. The van der Waals surface area contributed by atoms with Crippen LogP contribution in [0.4, 0.5) is 0 Å². The lowest BCUT2D eigenvalue weighted by molar-refractivity contribution is 0.0375. The first kappa shape index (κ1) is 12.9. The summed E-state index contributed by atoms with van der Waals surface area (Å²) >= 11 is 0. The molecule has 0 amide bonds. The molecule has 2 atom stereocenters. The van der Waals surface area contributed by atoms with Gasteiger partial charge in [0.1, 0.15) is 0 Å². The van der Waals surface area contributed by atoms with Gasteiger partial charge >= 0.3 is 0 Å². The normalized spacial score (nSPS) is 18.2. The molecule has 0 radical (unpaired) electrons. The van der Waals surface area contributed by atoms with Crippen LogP contribution < -0.4 is 0 Å². The molecule has 0 saturated heterocycles. The maximum absolute atomic E-state index is 9.82. The number of hydrogen-bond donors (Lipinski definition) is 2. The van der Waals surface area contributed by atoms with Crippen LogP contribution in [0.15, 0.2) is 0 Å². The maximum atomic E-state index is 9.82. The van der Waals surface area contributed by atoms with Gasteiger partial charge in [-0.15, -0.1) is 0 Å². The number of aliphatic hydroxyl groups is 2. The molecule has 0 aliphatic carbocycles. The van der Waals surface area contributed by atoms with E-state index >= 15 is 0 Å². The lowest BCUT2D eigenvalue weighted by Crippen LogP contribution is -2.23.